The molecule has 2 rings (SSSR count). The molecule has 1 aliphatic carbocycles. The van der Waals surface area contributed by atoms with E-state index >= 15 is 0 Å². The van der Waals surface area contributed by atoms with Gasteiger partial charge in [-0.25, -0.2) is 0 Å². The normalized spacial score (nSPS) is 16.1. The standard InChI is InChI=1S/C13H15ClO2S/c1-16-11-7-6-9(13(14)15)8-12(11)17-10-4-2-3-5-10/h6-8,10H,2-5H2,1H3. The molecule has 0 unspecified atom stereocenters. The summed E-state index contributed by atoms with van der Waals surface area (Å²) >= 11 is 7.30. The number of rotatable bonds is 4. The summed E-state index contributed by atoms with van der Waals surface area (Å²) in [6.07, 6.45) is 5.09. The molecule has 0 atom stereocenters. The molecule has 0 saturated heterocycles. The Morgan fingerprint density at radius 2 is 2.12 bits per heavy atom. The van der Waals surface area contributed by atoms with Crippen molar-refractivity contribution in [3.8, 4) is 5.75 Å². The van der Waals surface area contributed by atoms with E-state index in [9.17, 15) is 4.79 Å². The molecule has 0 radical (unpaired) electrons. The first-order chi connectivity index (χ1) is 8.20. The zero-order valence-electron chi connectivity index (χ0n) is 9.74. The van der Waals surface area contributed by atoms with Crippen LogP contribution in [-0.2, 0) is 0 Å². The third kappa shape index (κ3) is 3.17. The zero-order chi connectivity index (χ0) is 12.3. The minimum absolute atomic E-state index is 0.416. The van der Waals surface area contributed by atoms with Gasteiger partial charge in [-0.1, -0.05) is 12.8 Å². The van der Waals surface area contributed by atoms with Gasteiger partial charge in [-0.3, -0.25) is 4.79 Å². The summed E-state index contributed by atoms with van der Waals surface area (Å²) in [4.78, 5) is 12.2. The summed E-state index contributed by atoms with van der Waals surface area (Å²) < 4.78 is 5.32. The second-order valence-electron chi connectivity index (χ2n) is 4.16. The monoisotopic (exact) mass is 270 g/mol. The van der Waals surface area contributed by atoms with Gasteiger partial charge in [0.25, 0.3) is 5.24 Å². The molecule has 0 heterocycles. The van der Waals surface area contributed by atoms with Crippen molar-refractivity contribution in [3.05, 3.63) is 23.8 Å². The lowest BCUT2D eigenvalue weighted by atomic mass is 10.2. The number of carbonyl (C=O) groups is 1. The molecule has 0 N–H and O–H groups in total. The van der Waals surface area contributed by atoms with Crippen molar-refractivity contribution in [1.82, 2.24) is 0 Å². The number of carbonyl (C=O) groups excluding carboxylic acids is 1. The van der Waals surface area contributed by atoms with Crippen molar-refractivity contribution in [2.75, 3.05) is 7.11 Å². The van der Waals surface area contributed by atoms with Crippen molar-refractivity contribution in [3.63, 3.8) is 0 Å². The fraction of sp³-hybridized carbons (Fsp3) is 0.462. The van der Waals surface area contributed by atoms with Crippen molar-refractivity contribution >= 4 is 28.6 Å². The Labute approximate surface area is 111 Å². The van der Waals surface area contributed by atoms with Gasteiger partial charge in [0.2, 0.25) is 0 Å². The van der Waals surface area contributed by atoms with E-state index in [1.165, 1.54) is 25.7 Å². The Morgan fingerprint density at radius 1 is 1.41 bits per heavy atom. The highest BCUT2D eigenvalue weighted by Crippen LogP contribution is 2.39. The first kappa shape index (κ1) is 12.8. The topological polar surface area (TPSA) is 26.3 Å². The van der Waals surface area contributed by atoms with E-state index in [1.54, 1.807) is 24.9 Å². The van der Waals surface area contributed by atoms with Crippen LogP contribution in [0.4, 0.5) is 0 Å². The van der Waals surface area contributed by atoms with Crippen LogP contribution in [-0.4, -0.2) is 17.6 Å². The number of ether oxygens (including phenoxy) is 1. The second-order valence-corrected chi connectivity index (χ2v) is 5.85. The summed E-state index contributed by atoms with van der Waals surface area (Å²) in [6.45, 7) is 0. The lowest BCUT2D eigenvalue weighted by Gasteiger charge is -2.13. The van der Waals surface area contributed by atoms with Gasteiger partial charge in [-0.2, -0.15) is 0 Å². The van der Waals surface area contributed by atoms with Crippen LogP contribution in [0.5, 0.6) is 5.75 Å². The van der Waals surface area contributed by atoms with Crippen LogP contribution in [0, 0.1) is 0 Å². The van der Waals surface area contributed by atoms with Gasteiger partial charge >= 0.3 is 0 Å². The van der Waals surface area contributed by atoms with Gasteiger partial charge in [0, 0.05) is 10.8 Å². The van der Waals surface area contributed by atoms with E-state index in [-0.39, 0.29) is 0 Å². The molecule has 0 spiro atoms. The van der Waals surface area contributed by atoms with E-state index in [0.717, 1.165) is 10.6 Å². The summed E-state index contributed by atoms with van der Waals surface area (Å²) in [6, 6.07) is 5.34. The van der Waals surface area contributed by atoms with E-state index in [4.69, 9.17) is 16.3 Å². The summed E-state index contributed by atoms with van der Waals surface area (Å²) in [5.74, 6) is 0.823. The quantitative estimate of drug-likeness (QED) is 0.770. The van der Waals surface area contributed by atoms with E-state index in [1.807, 2.05) is 12.1 Å². The first-order valence-corrected chi connectivity index (χ1v) is 7.01. The Morgan fingerprint density at radius 3 is 2.71 bits per heavy atom. The van der Waals surface area contributed by atoms with Crippen LogP contribution < -0.4 is 4.74 Å². The minimum atomic E-state index is -0.416. The molecule has 4 heteroatoms. The Balaban J connectivity index is 2.21. The van der Waals surface area contributed by atoms with Crippen LogP contribution in [0.1, 0.15) is 36.0 Å². The van der Waals surface area contributed by atoms with Crippen molar-refractivity contribution in [2.45, 2.75) is 35.8 Å². The van der Waals surface area contributed by atoms with Gasteiger partial charge in [-0.15, -0.1) is 11.8 Å². The van der Waals surface area contributed by atoms with E-state index < -0.39 is 5.24 Å². The predicted molar refractivity (Wildman–Crippen MR) is 71.3 cm³/mol. The summed E-state index contributed by atoms with van der Waals surface area (Å²) in [7, 11) is 1.65. The van der Waals surface area contributed by atoms with Crippen LogP contribution in [0.2, 0.25) is 0 Å². The number of benzene rings is 1. The van der Waals surface area contributed by atoms with Gasteiger partial charge in [0.1, 0.15) is 5.75 Å². The van der Waals surface area contributed by atoms with Gasteiger partial charge in [0.05, 0.1) is 12.0 Å². The molecule has 0 aromatic heterocycles. The van der Waals surface area contributed by atoms with Gasteiger partial charge in [0.15, 0.2) is 0 Å². The molecule has 17 heavy (non-hydrogen) atoms. The van der Waals surface area contributed by atoms with E-state index in [2.05, 4.69) is 0 Å². The van der Waals surface area contributed by atoms with Crippen LogP contribution in [0.25, 0.3) is 0 Å². The van der Waals surface area contributed by atoms with Gasteiger partial charge < -0.3 is 4.74 Å². The molecule has 1 aliphatic rings. The largest absolute Gasteiger partial charge is 0.496 e. The Hall–Kier alpha value is -0.670. The maximum atomic E-state index is 11.1. The molecule has 0 aliphatic heterocycles. The average molecular weight is 271 g/mol. The molecule has 2 nitrogen and oxygen atoms in total. The summed E-state index contributed by atoms with van der Waals surface area (Å²) in [5, 5.41) is 0.227. The molecule has 1 saturated carbocycles. The number of hydrogen-bond acceptors (Lipinski definition) is 3. The Kier molecular flexibility index (Phi) is 4.35. The lowest BCUT2D eigenvalue weighted by molar-refractivity contribution is 0.108. The molecule has 0 bridgehead atoms. The van der Waals surface area contributed by atoms with Crippen LogP contribution >= 0.6 is 23.4 Å². The highest BCUT2D eigenvalue weighted by atomic mass is 35.5. The number of thioether (sulfide) groups is 1. The van der Waals surface area contributed by atoms with E-state index in [0.29, 0.717) is 10.8 Å². The highest BCUT2D eigenvalue weighted by Gasteiger charge is 2.18. The molecule has 1 aromatic carbocycles. The van der Waals surface area contributed by atoms with Crippen LogP contribution in [0.15, 0.2) is 23.1 Å². The maximum absolute atomic E-state index is 11.1. The molecule has 92 valence electrons. The predicted octanol–water partition coefficient (Wildman–Crippen LogP) is 4.11. The summed E-state index contributed by atoms with van der Waals surface area (Å²) in [5.41, 5.74) is 0.535. The van der Waals surface area contributed by atoms with Crippen molar-refractivity contribution in [2.24, 2.45) is 0 Å². The second kappa shape index (κ2) is 5.78. The SMILES string of the molecule is COc1ccc(C(=O)Cl)cc1SC1CCCC1. The zero-order valence-corrected chi connectivity index (χ0v) is 11.3. The number of hydrogen-bond donors (Lipinski definition) is 0. The average Bonchev–Trinajstić information content (AvgIpc) is 2.81. The minimum Gasteiger partial charge on any atom is -0.496 e. The lowest BCUT2D eigenvalue weighted by Crippen LogP contribution is -1.97. The van der Waals surface area contributed by atoms with Gasteiger partial charge in [-0.05, 0) is 42.6 Å². The maximum Gasteiger partial charge on any atom is 0.252 e. The molecule has 1 aromatic rings. The third-order valence-corrected chi connectivity index (χ3v) is 4.58. The number of methoxy groups -OCH3 is 1. The molecular weight excluding hydrogens is 256 g/mol. The van der Waals surface area contributed by atoms with Crippen molar-refractivity contribution in [1.29, 1.82) is 0 Å². The highest BCUT2D eigenvalue weighted by molar-refractivity contribution is 8.00. The molecule has 0 amide bonds. The fourth-order valence-electron chi connectivity index (χ4n) is 2.08. The Bertz CT molecular complexity index is 414. The first-order valence-electron chi connectivity index (χ1n) is 5.75. The fourth-order valence-corrected chi connectivity index (χ4v) is 3.59. The molecular formula is C13H15ClO2S. The third-order valence-electron chi connectivity index (χ3n) is 2.99. The number of halogens is 1. The van der Waals surface area contributed by atoms with Crippen LogP contribution in [0.3, 0.4) is 0 Å². The smallest absolute Gasteiger partial charge is 0.252 e. The molecule has 1 fully saturated rings. The van der Waals surface area contributed by atoms with Crippen molar-refractivity contribution < 1.29 is 9.53 Å².